The molecule has 0 saturated heterocycles. The zero-order chi connectivity index (χ0) is 24.2. The van der Waals surface area contributed by atoms with E-state index in [0.29, 0.717) is 22.1 Å². The lowest BCUT2D eigenvalue weighted by Crippen LogP contribution is -2.33. The first kappa shape index (κ1) is 21.9. The van der Waals surface area contributed by atoms with Crippen LogP contribution in [-0.2, 0) is 9.84 Å². The van der Waals surface area contributed by atoms with Gasteiger partial charge in [-0.1, -0.05) is 42.5 Å². The molecule has 1 aliphatic heterocycles. The molecule has 2 amide bonds. The van der Waals surface area contributed by atoms with Gasteiger partial charge in [-0.3, -0.25) is 14.5 Å². The summed E-state index contributed by atoms with van der Waals surface area (Å²) in [4.78, 5) is 32.0. The molecule has 2 heterocycles. The number of imide groups is 1. The van der Waals surface area contributed by atoms with Gasteiger partial charge in [0.15, 0.2) is 9.84 Å². The molecule has 170 valence electrons. The normalized spacial score (nSPS) is 14.5. The maximum Gasteiger partial charge on any atom is 0.262 e. The summed E-state index contributed by atoms with van der Waals surface area (Å²) in [6.07, 6.45) is 1.08. The number of pyridine rings is 1. The lowest BCUT2D eigenvalue weighted by molar-refractivity contribution is 0.0595. The number of halogens is 1. The van der Waals surface area contributed by atoms with Crippen LogP contribution < -0.4 is 0 Å². The molecule has 1 unspecified atom stereocenters. The Bertz CT molecular complexity index is 1580. The van der Waals surface area contributed by atoms with Gasteiger partial charge < -0.3 is 0 Å². The van der Waals surface area contributed by atoms with Crippen molar-refractivity contribution in [2.24, 2.45) is 0 Å². The number of aromatic nitrogens is 1. The van der Waals surface area contributed by atoms with Gasteiger partial charge in [0, 0.05) is 22.8 Å². The van der Waals surface area contributed by atoms with Crippen LogP contribution in [0.5, 0.6) is 0 Å². The van der Waals surface area contributed by atoms with E-state index in [1.165, 1.54) is 12.1 Å². The van der Waals surface area contributed by atoms with Gasteiger partial charge in [0.05, 0.1) is 27.8 Å². The van der Waals surface area contributed by atoms with Gasteiger partial charge in [0.25, 0.3) is 11.8 Å². The SMILES string of the molecule is CC(c1cc2cccc(F)c2nc1-c1ccccc1S(C)(=O)=O)N1C(=O)c2ccccc2C1=O. The fourth-order valence-electron chi connectivity index (χ4n) is 4.40. The number of carbonyl (C=O) groups excluding carboxylic acids is 2. The summed E-state index contributed by atoms with van der Waals surface area (Å²) < 4.78 is 39.7. The van der Waals surface area contributed by atoms with Gasteiger partial charge in [-0.25, -0.2) is 17.8 Å². The van der Waals surface area contributed by atoms with E-state index in [0.717, 1.165) is 11.2 Å². The molecule has 3 aromatic carbocycles. The molecule has 0 radical (unpaired) electrons. The third kappa shape index (κ3) is 3.38. The van der Waals surface area contributed by atoms with E-state index in [9.17, 15) is 22.4 Å². The van der Waals surface area contributed by atoms with Crippen LogP contribution >= 0.6 is 0 Å². The van der Waals surface area contributed by atoms with E-state index in [-0.39, 0.29) is 21.7 Å². The van der Waals surface area contributed by atoms with E-state index in [1.807, 2.05) is 0 Å². The van der Waals surface area contributed by atoms with E-state index in [4.69, 9.17) is 0 Å². The number of hydrogen-bond acceptors (Lipinski definition) is 5. The second-order valence-electron chi connectivity index (χ2n) is 8.21. The average molecular weight is 475 g/mol. The van der Waals surface area contributed by atoms with E-state index in [1.54, 1.807) is 67.6 Å². The highest BCUT2D eigenvalue weighted by Gasteiger charge is 2.39. The fraction of sp³-hybridized carbons (Fsp3) is 0.115. The number of carbonyl (C=O) groups is 2. The zero-order valence-corrected chi connectivity index (χ0v) is 19.1. The molecule has 8 heteroatoms. The summed E-state index contributed by atoms with van der Waals surface area (Å²) in [5, 5.41) is 0.471. The zero-order valence-electron chi connectivity index (χ0n) is 18.3. The lowest BCUT2D eigenvalue weighted by atomic mass is 9.97. The summed E-state index contributed by atoms with van der Waals surface area (Å²) >= 11 is 0. The smallest absolute Gasteiger partial charge is 0.262 e. The standard InChI is InChI=1S/C26H19FN2O4S/c1-15(29-25(30)17-9-3-4-10-18(17)26(29)31)20-14-16-8-7-12-21(27)23(16)28-24(20)19-11-5-6-13-22(19)34(2,32)33/h3-15H,1-2H3. The minimum atomic E-state index is -3.65. The van der Waals surface area contributed by atoms with Crippen molar-refractivity contribution in [3.05, 3.63) is 95.3 Å². The summed E-state index contributed by atoms with van der Waals surface area (Å²) in [7, 11) is -3.65. The molecule has 6 nitrogen and oxygen atoms in total. The van der Waals surface area contributed by atoms with Gasteiger partial charge in [-0.15, -0.1) is 0 Å². The number of fused-ring (bicyclic) bond motifs is 2. The number of amides is 2. The number of para-hydroxylation sites is 1. The highest BCUT2D eigenvalue weighted by atomic mass is 32.2. The van der Waals surface area contributed by atoms with Crippen LogP contribution in [0.3, 0.4) is 0 Å². The molecule has 1 aromatic heterocycles. The summed E-state index contributed by atoms with van der Waals surface area (Å²) in [5.41, 5.74) is 1.58. The van der Waals surface area contributed by atoms with Crippen molar-refractivity contribution in [1.82, 2.24) is 9.88 Å². The van der Waals surface area contributed by atoms with E-state index >= 15 is 0 Å². The lowest BCUT2D eigenvalue weighted by Gasteiger charge is -2.25. The van der Waals surface area contributed by atoms with Crippen molar-refractivity contribution in [1.29, 1.82) is 0 Å². The van der Waals surface area contributed by atoms with Crippen LogP contribution in [0.2, 0.25) is 0 Å². The maximum atomic E-state index is 14.7. The molecule has 0 N–H and O–H groups in total. The van der Waals surface area contributed by atoms with Gasteiger partial charge in [-0.2, -0.15) is 0 Å². The van der Waals surface area contributed by atoms with Crippen molar-refractivity contribution in [2.45, 2.75) is 17.9 Å². The molecular formula is C26H19FN2O4S. The highest BCUT2D eigenvalue weighted by molar-refractivity contribution is 7.90. The molecule has 5 rings (SSSR count). The van der Waals surface area contributed by atoms with Gasteiger partial charge >= 0.3 is 0 Å². The fourth-order valence-corrected chi connectivity index (χ4v) is 5.29. The first-order chi connectivity index (χ1) is 16.2. The Morgan fingerprint density at radius 2 is 1.44 bits per heavy atom. The molecule has 1 aliphatic rings. The third-order valence-corrected chi connectivity index (χ3v) is 7.19. The Hall–Kier alpha value is -3.91. The number of benzene rings is 3. The first-order valence-corrected chi connectivity index (χ1v) is 12.4. The minimum Gasteiger partial charge on any atom is -0.269 e. The minimum absolute atomic E-state index is 0.0222. The van der Waals surface area contributed by atoms with Gasteiger partial charge in [0.2, 0.25) is 0 Å². The largest absolute Gasteiger partial charge is 0.269 e. The monoisotopic (exact) mass is 474 g/mol. The molecule has 34 heavy (non-hydrogen) atoms. The van der Waals surface area contributed by atoms with Gasteiger partial charge in [-0.05, 0) is 37.3 Å². The molecule has 0 bridgehead atoms. The second-order valence-corrected chi connectivity index (χ2v) is 10.2. The predicted octanol–water partition coefficient (Wildman–Crippen LogP) is 4.80. The Morgan fingerprint density at radius 3 is 2.06 bits per heavy atom. The Kier molecular flexibility index (Phi) is 5.06. The molecular weight excluding hydrogens is 455 g/mol. The highest BCUT2D eigenvalue weighted by Crippen LogP contribution is 2.38. The van der Waals surface area contributed by atoms with Crippen LogP contribution in [0.1, 0.15) is 39.2 Å². The van der Waals surface area contributed by atoms with Crippen molar-refractivity contribution >= 4 is 32.6 Å². The van der Waals surface area contributed by atoms with Crippen LogP contribution in [-0.4, -0.2) is 36.4 Å². The number of hydrogen-bond donors (Lipinski definition) is 0. The van der Waals surface area contributed by atoms with Gasteiger partial charge in [0.1, 0.15) is 11.3 Å². The number of rotatable bonds is 4. The molecule has 0 aliphatic carbocycles. The Balaban J connectivity index is 1.77. The predicted molar refractivity (Wildman–Crippen MR) is 126 cm³/mol. The van der Waals surface area contributed by atoms with Crippen molar-refractivity contribution < 1.29 is 22.4 Å². The van der Waals surface area contributed by atoms with Crippen LogP contribution in [0.15, 0.2) is 77.7 Å². The summed E-state index contributed by atoms with van der Waals surface area (Å²) in [6.45, 7) is 1.68. The maximum absolute atomic E-state index is 14.7. The van der Waals surface area contributed by atoms with E-state index in [2.05, 4.69) is 4.98 Å². The molecule has 4 aromatic rings. The third-order valence-electron chi connectivity index (χ3n) is 6.03. The summed E-state index contributed by atoms with van der Waals surface area (Å²) in [5.74, 6) is -1.46. The average Bonchev–Trinajstić information content (AvgIpc) is 3.08. The van der Waals surface area contributed by atoms with Crippen molar-refractivity contribution in [3.8, 4) is 11.3 Å². The Morgan fingerprint density at radius 1 is 0.853 bits per heavy atom. The van der Waals surface area contributed by atoms with Crippen LogP contribution in [0.4, 0.5) is 4.39 Å². The first-order valence-electron chi connectivity index (χ1n) is 10.5. The summed E-state index contributed by atoms with van der Waals surface area (Å²) in [6, 6.07) is 18.2. The quantitative estimate of drug-likeness (QED) is 0.397. The Labute approximate surface area is 195 Å². The molecule has 0 spiro atoms. The van der Waals surface area contributed by atoms with Crippen LogP contribution in [0.25, 0.3) is 22.2 Å². The molecule has 0 saturated carbocycles. The van der Waals surface area contributed by atoms with Crippen LogP contribution in [0, 0.1) is 5.82 Å². The number of sulfone groups is 1. The topological polar surface area (TPSA) is 84.4 Å². The van der Waals surface area contributed by atoms with Crippen molar-refractivity contribution in [2.75, 3.05) is 6.26 Å². The van der Waals surface area contributed by atoms with Crippen molar-refractivity contribution in [3.63, 3.8) is 0 Å². The second kappa shape index (κ2) is 7.85. The number of nitrogens with zero attached hydrogens (tertiary/aromatic N) is 2. The molecule has 1 atom stereocenters. The molecule has 0 fully saturated rings. The van der Waals surface area contributed by atoms with E-state index < -0.39 is 33.5 Å².